The molecule has 0 amide bonds. The molecule has 98 valence electrons. The van der Waals surface area contributed by atoms with Gasteiger partial charge in [0, 0.05) is 31.5 Å². The fourth-order valence-electron chi connectivity index (χ4n) is 3.35. The molecule has 2 fully saturated rings. The van der Waals surface area contributed by atoms with Gasteiger partial charge in [0.1, 0.15) is 12.1 Å². The van der Waals surface area contributed by atoms with Gasteiger partial charge < -0.3 is 4.90 Å². The number of nitrogens with zero attached hydrogens (tertiary/aromatic N) is 5. The Labute approximate surface area is 112 Å². The first-order chi connectivity index (χ1) is 9.31. The van der Waals surface area contributed by atoms with Crippen molar-refractivity contribution in [2.45, 2.75) is 19.8 Å². The largest absolute Gasteiger partial charge is 0.356 e. The normalized spacial score (nSPS) is 28.5. The van der Waals surface area contributed by atoms with E-state index in [0.29, 0.717) is 5.41 Å². The molecule has 2 aromatic heterocycles. The summed E-state index contributed by atoms with van der Waals surface area (Å²) < 4.78 is 1.78. The fraction of sp³-hybridized carbons (Fsp3) is 0.500. The summed E-state index contributed by atoms with van der Waals surface area (Å²) in [5.74, 6) is 2.74. The summed E-state index contributed by atoms with van der Waals surface area (Å²) in [5, 5.41) is 4.22. The Bertz CT molecular complexity index is 590. The van der Waals surface area contributed by atoms with Crippen molar-refractivity contribution in [1.29, 1.82) is 0 Å². The quantitative estimate of drug-likeness (QED) is 0.840. The lowest BCUT2D eigenvalue weighted by molar-refractivity contribution is 0.509. The van der Waals surface area contributed by atoms with E-state index in [4.69, 9.17) is 0 Å². The summed E-state index contributed by atoms with van der Waals surface area (Å²) in [4.78, 5) is 11.1. The minimum atomic E-state index is 0.580. The molecule has 1 saturated carbocycles. The highest BCUT2D eigenvalue weighted by Crippen LogP contribution is 2.60. The molecule has 5 nitrogen and oxygen atoms in total. The molecule has 0 N–H and O–H groups in total. The molecule has 1 saturated heterocycles. The summed E-state index contributed by atoms with van der Waals surface area (Å²) in [6.07, 6.45) is 7.98. The summed E-state index contributed by atoms with van der Waals surface area (Å²) in [6, 6.07) is 3.93. The van der Waals surface area contributed by atoms with Gasteiger partial charge in [-0.05, 0) is 30.2 Å². The Morgan fingerprint density at radius 1 is 1.37 bits per heavy atom. The maximum atomic E-state index is 4.43. The average Bonchev–Trinajstić information content (AvgIpc) is 2.89. The Morgan fingerprint density at radius 3 is 3.00 bits per heavy atom. The third-order valence-electron chi connectivity index (χ3n) is 4.71. The summed E-state index contributed by atoms with van der Waals surface area (Å²) in [7, 11) is 0. The number of rotatable bonds is 3. The minimum absolute atomic E-state index is 0.580. The number of fused-ring (bicyclic) bond motifs is 1. The third-order valence-corrected chi connectivity index (χ3v) is 4.71. The first kappa shape index (κ1) is 11.0. The molecule has 0 bridgehead atoms. The minimum Gasteiger partial charge on any atom is -0.356 e. The van der Waals surface area contributed by atoms with E-state index in [1.807, 2.05) is 18.3 Å². The van der Waals surface area contributed by atoms with Crippen LogP contribution in [0.2, 0.25) is 0 Å². The molecular weight excluding hydrogens is 238 g/mol. The van der Waals surface area contributed by atoms with Crippen molar-refractivity contribution in [3.63, 3.8) is 0 Å². The zero-order valence-corrected chi connectivity index (χ0v) is 11.0. The Hall–Kier alpha value is -1.91. The molecule has 3 heterocycles. The van der Waals surface area contributed by atoms with E-state index >= 15 is 0 Å². The van der Waals surface area contributed by atoms with Gasteiger partial charge in [-0.25, -0.2) is 14.6 Å². The molecular formula is C14H17N5. The summed E-state index contributed by atoms with van der Waals surface area (Å²) >= 11 is 0. The molecule has 5 heteroatoms. The van der Waals surface area contributed by atoms with Gasteiger partial charge in [-0.3, -0.25) is 0 Å². The maximum Gasteiger partial charge on any atom is 0.158 e. The number of piperidine rings is 1. The van der Waals surface area contributed by atoms with Gasteiger partial charge in [-0.1, -0.05) is 6.92 Å². The van der Waals surface area contributed by atoms with Crippen LogP contribution in [0.1, 0.15) is 19.8 Å². The Kier molecular flexibility index (Phi) is 2.19. The zero-order valence-electron chi connectivity index (χ0n) is 11.0. The van der Waals surface area contributed by atoms with Crippen LogP contribution in [0.15, 0.2) is 30.9 Å². The van der Waals surface area contributed by atoms with Gasteiger partial charge in [-0.2, -0.15) is 5.10 Å². The SMILES string of the molecule is CCC12CC1CN(c1cc(-n3cccn3)ncn1)C2. The average molecular weight is 255 g/mol. The van der Waals surface area contributed by atoms with Crippen LogP contribution < -0.4 is 4.90 Å². The van der Waals surface area contributed by atoms with E-state index in [9.17, 15) is 0 Å². The lowest BCUT2D eigenvalue weighted by Crippen LogP contribution is -2.25. The predicted molar refractivity (Wildman–Crippen MR) is 72.2 cm³/mol. The molecule has 1 aliphatic heterocycles. The van der Waals surface area contributed by atoms with Gasteiger partial charge >= 0.3 is 0 Å². The van der Waals surface area contributed by atoms with Gasteiger partial charge in [0.25, 0.3) is 0 Å². The topological polar surface area (TPSA) is 46.8 Å². The molecule has 2 aliphatic rings. The van der Waals surface area contributed by atoms with Crippen LogP contribution in [0.3, 0.4) is 0 Å². The van der Waals surface area contributed by atoms with Crippen molar-refractivity contribution >= 4 is 5.82 Å². The molecule has 4 rings (SSSR count). The summed E-state index contributed by atoms with van der Waals surface area (Å²) in [6.45, 7) is 4.59. The predicted octanol–water partition coefficient (Wildman–Crippen LogP) is 1.90. The first-order valence-electron chi connectivity index (χ1n) is 6.88. The highest BCUT2D eigenvalue weighted by atomic mass is 15.3. The molecule has 2 unspecified atom stereocenters. The number of hydrogen-bond donors (Lipinski definition) is 0. The van der Waals surface area contributed by atoms with Crippen molar-refractivity contribution in [3.8, 4) is 5.82 Å². The number of hydrogen-bond acceptors (Lipinski definition) is 4. The first-order valence-corrected chi connectivity index (χ1v) is 6.88. The van der Waals surface area contributed by atoms with Crippen LogP contribution in [0.25, 0.3) is 5.82 Å². The molecule has 1 aliphatic carbocycles. The van der Waals surface area contributed by atoms with E-state index < -0.39 is 0 Å². The molecule has 0 aromatic carbocycles. The van der Waals surface area contributed by atoms with Crippen molar-refractivity contribution in [3.05, 3.63) is 30.9 Å². The molecule has 19 heavy (non-hydrogen) atoms. The Balaban J connectivity index is 1.61. The van der Waals surface area contributed by atoms with Crippen LogP contribution in [-0.2, 0) is 0 Å². The lowest BCUT2D eigenvalue weighted by Gasteiger charge is -2.21. The smallest absolute Gasteiger partial charge is 0.158 e. The zero-order chi connectivity index (χ0) is 12.9. The van der Waals surface area contributed by atoms with Crippen molar-refractivity contribution in [2.24, 2.45) is 11.3 Å². The van der Waals surface area contributed by atoms with Gasteiger partial charge in [0.2, 0.25) is 0 Å². The lowest BCUT2D eigenvalue weighted by atomic mass is 10.0. The maximum absolute atomic E-state index is 4.43. The van der Waals surface area contributed by atoms with E-state index in [-0.39, 0.29) is 0 Å². The second-order valence-electron chi connectivity index (χ2n) is 5.68. The van der Waals surface area contributed by atoms with Crippen molar-refractivity contribution < 1.29 is 0 Å². The Morgan fingerprint density at radius 2 is 2.26 bits per heavy atom. The second kappa shape index (κ2) is 3.79. The fourth-order valence-corrected chi connectivity index (χ4v) is 3.35. The second-order valence-corrected chi connectivity index (χ2v) is 5.68. The van der Waals surface area contributed by atoms with E-state index in [2.05, 4.69) is 26.9 Å². The third kappa shape index (κ3) is 1.64. The highest BCUT2D eigenvalue weighted by molar-refractivity contribution is 5.46. The van der Waals surface area contributed by atoms with Crippen LogP contribution in [0.4, 0.5) is 5.82 Å². The van der Waals surface area contributed by atoms with Gasteiger partial charge in [-0.15, -0.1) is 0 Å². The molecule has 2 atom stereocenters. The highest BCUT2D eigenvalue weighted by Gasteiger charge is 2.58. The van der Waals surface area contributed by atoms with Gasteiger partial charge in [0.05, 0.1) is 0 Å². The van der Waals surface area contributed by atoms with Crippen LogP contribution in [0.5, 0.6) is 0 Å². The van der Waals surface area contributed by atoms with Crippen molar-refractivity contribution in [1.82, 2.24) is 19.7 Å². The molecule has 0 spiro atoms. The molecule has 0 radical (unpaired) electrons. The van der Waals surface area contributed by atoms with Gasteiger partial charge in [0.15, 0.2) is 5.82 Å². The van der Waals surface area contributed by atoms with E-state index in [1.54, 1.807) is 17.2 Å². The standard InChI is InChI=1S/C14H17N5/c1-2-14-7-11(14)8-18(9-14)12-6-13(16-10-15-12)19-5-3-4-17-19/h3-6,10-11H,2,7-9H2,1H3. The van der Waals surface area contributed by atoms with E-state index in [0.717, 1.165) is 30.6 Å². The van der Waals surface area contributed by atoms with Crippen LogP contribution >= 0.6 is 0 Å². The summed E-state index contributed by atoms with van der Waals surface area (Å²) in [5.41, 5.74) is 0.580. The van der Waals surface area contributed by atoms with Crippen LogP contribution in [0, 0.1) is 11.3 Å². The monoisotopic (exact) mass is 255 g/mol. The van der Waals surface area contributed by atoms with E-state index in [1.165, 1.54) is 12.8 Å². The molecule has 2 aromatic rings. The number of anilines is 1. The number of aromatic nitrogens is 4. The van der Waals surface area contributed by atoms with Crippen LogP contribution in [-0.4, -0.2) is 32.8 Å². The van der Waals surface area contributed by atoms with Crippen molar-refractivity contribution in [2.75, 3.05) is 18.0 Å².